The molecule has 2 aromatic carbocycles. The largest absolute Gasteiger partial charge is 0.462 e. The molecule has 9 heteroatoms. The number of halogens is 1. The second-order valence-electron chi connectivity index (χ2n) is 6.00. The van der Waals surface area contributed by atoms with Gasteiger partial charge in [0, 0.05) is 5.69 Å². The molecule has 1 atom stereocenters. The number of amides is 1. The monoisotopic (exact) mass is 408 g/mol. The van der Waals surface area contributed by atoms with Gasteiger partial charge in [0.2, 0.25) is 15.9 Å². The van der Waals surface area contributed by atoms with Crippen LogP contribution in [0.5, 0.6) is 0 Å². The third kappa shape index (κ3) is 5.29. The lowest BCUT2D eigenvalue weighted by Crippen LogP contribution is -2.45. The third-order valence-corrected chi connectivity index (χ3v) is 5.06. The minimum Gasteiger partial charge on any atom is -0.462 e. The highest BCUT2D eigenvalue weighted by molar-refractivity contribution is 7.92. The number of carbonyl (C=O) groups excluding carboxylic acids is 2. The van der Waals surface area contributed by atoms with E-state index in [1.165, 1.54) is 49.4 Å². The van der Waals surface area contributed by atoms with Gasteiger partial charge in [-0.05, 0) is 56.3 Å². The maximum Gasteiger partial charge on any atom is 0.338 e. The van der Waals surface area contributed by atoms with Crippen molar-refractivity contribution in [2.45, 2.75) is 19.9 Å². The van der Waals surface area contributed by atoms with Crippen LogP contribution >= 0.6 is 0 Å². The summed E-state index contributed by atoms with van der Waals surface area (Å²) in [5, 5.41) is 2.59. The molecule has 7 nitrogen and oxygen atoms in total. The van der Waals surface area contributed by atoms with E-state index in [-0.39, 0.29) is 12.3 Å². The van der Waals surface area contributed by atoms with Crippen molar-refractivity contribution in [3.05, 3.63) is 59.9 Å². The third-order valence-electron chi connectivity index (χ3n) is 3.81. The molecule has 0 bridgehead atoms. The Morgan fingerprint density at radius 2 is 1.82 bits per heavy atom. The first-order chi connectivity index (χ1) is 13.1. The molecule has 2 aromatic rings. The molecule has 1 N–H and O–H groups in total. The van der Waals surface area contributed by atoms with Crippen LogP contribution in [0.3, 0.4) is 0 Å². The van der Waals surface area contributed by atoms with Gasteiger partial charge in [0.1, 0.15) is 11.9 Å². The molecule has 0 aromatic heterocycles. The van der Waals surface area contributed by atoms with Crippen LogP contribution in [0.25, 0.3) is 0 Å². The summed E-state index contributed by atoms with van der Waals surface area (Å²) in [6.07, 6.45) is 0.940. The van der Waals surface area contributed by atoms with Gasteiger partial charge in [-0.1, -0.05) is 6.07 Å². The molecule has 0 spiro atoms. The van der Waals surface area contributed by atoms with E-state index in [1.54, 1.807) is 6.92 Å². The quantitative estimate of drug-likeness (QED) is 0.711. The normalized spacial score (nSPS) is 12.1. The molecule has 0 heterocycles. The van der Waals surface area contributed by atoms with Crippen molar-refractivity contribution in [1.29, 1.82) is 0 Å². The number of hydrogen-bond donors (Lipinski definition) is 1. The van der Waals surface area contributed by atoms with Crippen LogP contribution in [-0.2, 0) is 19.6 Å². The summed E-state index contributed by atoms with van der Waals surface area (Å²) in [5.41, 5.74) is 0.742. The first kappa shape index (κ1) is 21.4. The maximum absolute atomic E-state index is 13.5. The minimum absolute atomic E-state index is 0.0443. The van der Waals surface area contributed by atoms with Crippen LogP contribution in [-0.4, -0.2) is 39.2 Å². The predicted octanol–water partition coefficient (Wildman–Crippen LogP) is 2.80. The Morgan fingerprint density at radius 3 is 2.36 bits per heavy atom. The average molecular weight is 408 g/mol. The number of benzene rings is 2. The predicted molar refractivity (Wildman–Crippen MR) is 104 cm³/mol. The Kier molecular flexibility index (Phi) is 6.74. The molecular weight excluding hydrogens is 387 g/mol. The Labute approximate surface area is 163 Å². The van der Waals surface area contributed by atoms with Gasteiger partial charge in [-0.25, -0.2) is 17.6 Å². The highest BCUT2D eigenvalue weighted by atomic mass is 32.2. The molecule has 0 aliphatic rings. The number of esters is 1. The fourth-order valence-corrected chi connectivity index (χ4v) is 3.74. The first-order valence-electron chi connectivity index (χ1n) is 8.46. The number of carbonyl (C=O) groups is 2. The first-order valence-corrected chi connectivity index (χ1v) is 10.3. The van der Waals surface area contributed by atoms with Gasteiger partial charge in [0.15, 0.2) is 0 Å². The Balaban J connectivity index is 2.20. The smallest absolute Gasteiger partial charge is 0.338 e. The number of ether oxygens (including phenoxy) is 1. The van der Waals surface area contributed by atoms with Crippen molar-refractivity contribution >= 4 is 33.3 Å². The minimum atomic E-state index is -3.85. The van der Waals surface area contributed by atoms with E-state index in [0.717, 1.165) is 16.6 Å². The summed E-state index contributed by atoms with van der Waals surface area (Å²) >= 11 is 0. The summed E-state index contributed by atoms with van der Waals surface area (Å²) < 4.78 is 43.6. The van der Waals surface area contributed by atoms with Crippen LogP contribution in [0.2, 0.25) is 0 Å². The number of sulfonamides is 1. The van der Waals surface area contributed by atoms with Crippen molar-refractivity contribution in [3.63, 3.8) is 0 Å². The summed E-state index contributed by atoms with van der Waals surface area (Å²) in [4.78, 5) is 24.2. The lowest BCUT2D eigenvalue weighted by Gasteiger charge is -2.28. The average Bonchev–Trinajstić information content (AvgIpc) is 2.61. The molecule has 0 saturated carbocycles. The van der Waals surface area contributed by atoms with Crippen molar-refractivity contribution in [2.75, 3.05) is 22.5 Å². The molecule has 0 saturated heterocycles. The second kappa shape index (κ2) is 8.83. The lowest BCUT2D eigenvalue weighted by molar-refractivity contribution is -0.116. The summed E-state index contributed by atoms with van der Waals surface area (Å²) in [7, 11) is -3.85. The number of anilines is 2. The maximum atomic E-state index is 13.5. The van der Waals surface area contributed by atoms with E-state index in [0.29, 0.717) is 11.3 Å². The van der Waals surface area contributed by atoms with Crippen LogP contribution in [0.15, 0.2) is 48.5 Å². The second-order valence-corrected chi connectivity index (χ2v) is 7.86. The van der Waals surface area contributed by atoms with Gasteiger partial charge in [-0.2, -0.15) is 0 Å². The van der Waals surface area contributed by atoms with Crippen molar-refractivity contribution in [2.24, 2.45) is 0 Å². The fourth-order valence-electron chi connectivity index (χ4n) is 2.57. The van der Waals surface area contributed by atoms with Gasteiger partial charge in [0.05, 0.1) is 24.1 Å². The number of nitrogens with zero attached hydrogens (tertiary/aromatic N) is 1. The van der Waals surface area contributed by atoms with E-state index in [1.807, 2.05) is 0 Å². The SMILES string of the molecule is CCOC(=O)c1ccc(NC(=O)[C@H](C)N(c2cccc(F)c2)S(C)(=O)=O)cc1. The van der Waals surface area contributed by atoms with Crippen LogP contribution in [0, 0.1) is 5.82 Å². The van der Waals surface area contributed by atoms with E-state index in [2.05, 4.69) is 5.32 Å². The molecule has 0 aliphatic heterocycles. The summed E-state index contributed by atoms with van der Waals surface area (Å²) in [6.45, 7) is 3.34. The Morgan fingerprint density at radius 1 is 1.18 bits per heavy atom. The zero-order valence-electron chi connectivity index (χ0n) is 15.7. The molecule has 0 radical (unpaired) electrons. The molecule has 0 aliphatic carbocycles. The topological polar surface area (TPSA) is 92.8 Å². The molecular formula is C19H21FN2O5S. The summed E-state index contributed by atoms with van der Waals surface area (Å²) in [6, 6.07) is 9.83. The lowest BCUT2D eigenvalue weighted by atomic mass is 10.2. The Hall–Kier alpha value is -2.94. The highest BCUT2D eigenvalue weighted by Crippen LogP contribution is 2.22. The molecule has 28 heavy (non-hydrogen) atoms. The van der Waals surface area contributed by atoms with E-state index < -0.39 is 33.8 Å². The van der Waals surface area contributed by atoms with Crippen molar-refractivity contribution < 1.29 is 27.1 Å². The van der Waals surface area contributed by atoms with Gasteiger partial charge in [-0.3, -0.25) is 9.10 Å². The van der Waals surface area contributed by atoms with Crippen molar-refractivity contribution in [1.82, 2.24) is 0 Å². The standard InChI is InChI=1S/C19H21FN2O5S/c1-4-27-19(24)14-8-10-16(11-9-14)21-18(23)13(2)22(28(3,25)26)17-7-5-6-15(20)12-17/h5-13H,4H2,1-3H3,(H,21,23)/t13-/m0/s1. The van der Waals surface area contributed by atoms with Crippen molar-refractivity contribution in [3.8, 4) is 0 Å². The van der Waals surface area contributed by atoms with Gasteiger partial charge < -0.3 is 10.1 Å². The number of rotatable bonds is 7. The van der Waals surface area contributed by atoms with Crippen LogP contribution in [0.1, 0.15) is 24.2 Å². The number of nitrogens with one attached hydrogen (secondary N) is 1. The van der Waals surface area contributed by atoms with Crippen LogP contribution < -0.4 is 9.62 Å². The van der Waals surface area contributed by atoms with Gasteiger partial charge in [0.25, 0.3) is 0 Å². The molecule has 0 unspecified atom stereocenters. The zero-order chi connectivity index (χ0) is 20.9. The Bertz CT molecular complexity index is 961. The van der Waals surface area contributed by atoms with Crippen LogP contribution in [0.4, 0.5) is 15.8 Å². The molecule has 1 amide bonds. The number of hydrogen-bond acceptors (Lipinski definition) is 5. The zero-order valence-corrected chi connectivity index (χ0v) is 16.5. The van der Waals surface area contributed by atoms with E-state index >= 15 is 0 Å². The fraction of sp³-hybridized carbons (Fsp3) is 0.263. The van der Waals surface area contributed by atoms with Gasteiger partial charge in [-0.15, -0.1) is 0 Å². The van der Waals surface area contributed by atoms with Gasteiger partial charge >= 0.3 is 5.97 Å². The summed E-state index contributed by atoms with van der Waals surface area (Å²) in [5.74, 6) is -1.71. The molecule has 150 valence electrons. The van der Waals surface area contributed by atoms with E-state index in [9.17, 15) is 22.4 Å². The highest BCUT2D eigenvalue weighted by Gasteiger charge is 2.29. The molecule has 0 fully saturated rings. The molecule has 2 rings (SSSR count). The van der Waals surface area contributed by atoms with E-state index in [4.69, 9.17) is 4.74 Å².